The lowest BCUT2D eigenvalue weighted by atomic mass is 9.73. The predicted octanol–water partition coefficient (Wildman–Crippen LogP) is 3.70. The number of hydrogen-bond acceptors (Lipinski definition) is 5. The molecule has 0 radical (unpaired) electrons. The number of ketones is 1. The minimum absolute atomic E-state index is 0.0914. The van der Waals surface area contributed by atoms with Gasteiger partial charge in [0.15, 0.2) is 5.78 Å². The quantitative estimate of drug-likeness (QED) is 0.543. The van der Waals surface area contributed by atoms with Gasteiger partial charge in [0.05, 0.1) is 16.2 Å². The molecule has 0 aromatic carbocycles. The second-order valence-electron chi connectivity index (χ2n) is 12.3. The van der Waals surface area contributed by atoms with Crippen LogP contribution in [0.1, 0.15) is 98.3 Å². The van der Waals surface area contributed by atoms with Crippen molar-refractivity contribution < 1.29 is 18.0 Å². The monoisotopic (exact) mass is 464 g/mol. The van der Waals surface area contributed by atoms with Crippen LogP contribution >= 0.6 is 0 Å². The van der Waals surface area contributed by atoms with Gasteiger partial charge in [-0.3, -0.25) is 14.3 Å². The maximum Gasteiger partial charge on any atom is 0.240 e. The largest absolute Gasteiger partial charge is 0.307 e. The Morgan fingerprint density at radius 1 is 1.03 bits per heavy atom. The van der Waals surface area contributed by atoms with Gasteiger partial charge in [-0.25, -0.2) is 8.42 Å². The standard InChI is InChI=1S/C25H40N2O4S/c1-5-8-22(11-12-22)32(30,31)27-20(29)23(13-17(23)6-2)15-19(28)18-14-25(16-26-18)21(3,4)24(25)9-7-10-24/h17-18,26H,5-16H2,1-4H3,(H,27,29)/t17-,18+,23-,25-/m1/s1. The van der Waals surface area contributed by atoms with Crippen molar-refractivity contribution in [2.24, 2.45) is 27.6 Å². The van der Waals surface area contributed by atoms with E-state index in [1.54, 1.807) is 0 Å². The van der Waals surface area contributed by atoms with E-state index in [1.807, 2.05) is 13.8 Å². The van der Waals surface area contributed by atoms with Crippen LogP contribution in [-0.4, -0.2) is 37.4 Å². The molecule has 4 atom stereocenters. The van der Waals surface area contributed by atoms with Gasteiger partial charge in [0.1, 0.15) is 0 Å². The lowest BCUT2D eigenvalue weighted by molar-refractivity contribution is -0.131. The van der Waals surface area contributed by atoms with Gasteiger partial charge in [-0.15, -0.1) is 0 Å². The van der Waals surface area contributed by atoms with Crippen LogP contribution in [0.3, 0.4) is 0 Å². The predicted molar refractivity (Wildman–Crippen MR) is 123 cm³/mol. The minimum atomic E-state index is -3.70. The average Bonchev–Trinajstić information content (AvgIpc) is 3.60. The van der Waals surface area contributed by atoms with Gasteiger partial charge in [-0.05, 0) is 67.1 Å². The molecule has 5 aliphatic rings. The van der Waals surface area contributed by atoms with Gasteiger partial charge >= 0.3 is 0 Å². The molecule has 4 saturated carbocycles. The van der Waals surface area contributed by atoms with Crippen molar-refractivity contribution in [2.75, 3.05) is 6.54 Å². The first-order valence-corrected chi connectivity index (χ1v) is 14.3. The Kier molecular flexibility index (Phi) is 4.85. The molecular weight excluding hydrogens is 424 g/mol. The highest BCUT2D eigenvalue weighted by Crippen LogP contribution is 2.87. The molecule has 180 valence electrons. The number of Topliss-reactive ketones (excluding diaryl/α,β-unsaturated/α-hetero) is 1. The molecule has 5 rings (SSSR count). The Balaban J connectivity index is 1.27. The van der Waals surface area contributed by atoms with Gasteiger partial charge in [-0.1, -0.05) is 47.0 Å². The van der Waals surface area contributed by atoms with Crippen LogP contribution in [0.5, 0.6) is 0 Å². The smallest absolute Gasteiger partial charge is 0.240 e. The van der Waals surface area contributed by atoms with Crippen molar-refractivity contribution in [2.45, 2.75) is 109 Å². The number of nitrogens with one attached hydrogen (secondary N) is 2. The number of hydrogen-bond donors (Lipinski definition) is 2. The summed E-state index contributed by atoms with van der Waals surface area (Å²) in [5, 5.41) is 3.51. The van der Waals surface area contributed by atoms with E-state index in [1.165, 1.54) is 19.3 Å². The molecule has 1 heterocycles. The first-order chi connectivity index (χ1) is 15.0. The normalized spacial score (nSPS) is 39.5. The summed E-state index contributed by atoms with van der Waals surface area (Å²) in [7, 11) is -3.70. The van der Waals surface area contributed by atoms with E-state index in [2.05, 4.69) is 23.9 Å². The van der Waals surface area contributed by atoms with Crippen LogP contribution < -0.4 is 10.0 Å². The first-order valence-electron chi connectivity index (χ1n) is 12.8. The maximum atomic E-state index is 13.4. The van der Waals surface area contributed by atoms with Crippen LogP contribution in [0.25, 0.3) is 0 Å². The highest BCUT2D eigenvalue weighted by molar-refractivity contribution is 7.91. The number of carbonyl (C=O) groups is 2. The molecule has 5 fully saturated rings. The van der Waals surface area contributed by atoms with E-state index in [-0.39, 0.29) is 35.0 Å². The summed E-state index contributed by atoms with van der Waals surface area (Å²) in [6, 6.07) is -0.205. The number of amides is 1. The first kappa shape index (κ1) is 22.8. The lowest BCUT2D eigenvalue weighted by Gasteiger charge is -2.31. The van der Waals surface area contributed by atoms with Crippen molar-refractivity contribution in [1.82, 2.24) is 10.0 Å². The van der Waals surface area contributed by atoms with Crippen LogP contribution in [0.4, 0.5) is 0 Å². The fourth-order valence-corrected chi connectivity index (χ4v) is 10.0. The molecule has 2 spiro atoms. The second kappa shape index (κ2) is 6.80. The van der Waals surface area contributed by atoms with Crippen molar-refractivity contribution in [3.8, 4) is 0 Å². The van der Waals surface area contributed by atoms with Gasteiger partial charge in [0.2, 0.25) is 15.9 Å². The van der Waals surface area contributed by atoms with Gasteiger partial charge in [0.25, 0.3) is 0 Å². The Morgan fingerprint density at radius 3 is 2.19 bits per heavy atom. The third-order valence-corrected chi connectivity index (χ3v) is 13.2. The lowest BCUT2D eigenvalue weighted by Crippen LogP contribution is -2.45. The molecule has 6 nitrogen and oxygen atoms in total. The molecule has 4 aliphatic carbocycles. The topological polar surface area (TPSA) is 92.3 Å². The number of carbonyl (C=O) groups excluding carboxylic acids is 2. The third-order valence-electron chi connectivity index (χ3n) is 11.0. The van der Waals surface area contributed by atoms with Crippen molar-refractivity contribution >= 4 is 21.7 Å². The maximum absolute atomic E-state index is 13.4. The van der Waals surface area contributed by atoms with Crippen molar-refractivity contribution in [1.29, 1.82) is 0 Å². The molecule has 0 unspecified atom stereocenters. The molecule has 1 amide bonds. The molecule has 2 N–H and O–H groups in total. The third kappa shape index (κ3) is 2.70. The Bertz CT molecular complexity index is 949. The van der Waals surface area contributed by atoms with Crippen molar-refractivity contribution in [3.63, 3.8) is 0 Å². The average molecular weight is 465 g/mol. The van der Waals surface area contributed by atoms with Gasteiger partial charge < -0.3 is 5.32 Å². The number of rotatable bonds is 9. The summed E-state index contributed by atoms with van der Waals surface area (Å²) in [5.74, 6) is -0.249. The van der Waals surface area contributed by atoms with Crippen LogP contribution in [0, 0.1) is 27.6 Å². The van der Waals surface area contributed by atoms with E-state index in [0.717, 1.165) is 25.8 Å². The van der Waals surface area contributed by atoms with Crippen LogP contribution in [0.2, 0.25) is 0 Å². The molecule has 1 aliphatic heterocycles. The highest BCUT2D eigenvalue weighted by Gasteiger charge is 2.83. The summed E-state index contributed by atoms with van der Waals surface area (Å²) in [6.45, 7) is 9.60. The number of sulfonamides is 1. The molecule has 0 bridgehead atoms. The Labute approximate surface area is 193 Å². The zero-order valence-corrected chi connectivity index (χ0v) is 21.0. The minimum Gasteiger partial charge on any atom is -0.307 e. The molecule has 7 heteroatoms. The molecule has 1 saturated heterocycles. The summed E-state index contributed by atoms with van der Waals surface area (Å²) in [5.41, 5.74) is 0.0385. The van der Waals surface area contributed by atoms with Gasteiger partial charge in [0, 0.05) is 13.0 Å². The SMILES string of the molecule is CCCC1(S(=O)(=O)NC(=O)[C@@]2(CC(=O)[C@@H]3C[C@@]4(CN3)C(C)(C)C43CCC3)C[C@H]2CC)CC1. The van der Waals surface area contributed by atoms with E-state index < -0.39 is 26.1 Å². The summed E-state index contributed by atoms with van der Waals surface area (Å²) >= 11 is 0. The zero-order chi connectivity index (χ0) is 23.2. The Morgan fingerprint density at radius 2 is 1.72 bits per heavy atom. The second-order valence-corrected chi connectivity index (χ2v) is 14.3. The van der Waals surface area contributed by atoms with E-state index in [0.29, 0.717) is 31.1 Å². The molecular formula is C25H40N2O4S. The zero-order valence-electron chi connectivity index (χ0n) is 20.2. The summed E-state index contributed by atoms with van der Waals surface area (Å²) < 4.78 is 27.6. The summed E-state index contributed by atoms with van der Waals surface area (Å²) in [6.07, 6.45) is 8.88. The summed E-state index contributed by atoms with van der Waals surface area (Å²) in [4.78, 5) is 26.7. The van der Waals surface area contributed by atoms with E-state index in [9.17, 15) is 18.0 Å². The highest BCUT2D eigenvalue weighted by atomic mass is 32.2. The number of fused-ring (bicyclic) bond motifs is 1. The fourth-order valence-electron chi connectivity index (χ4n) is 8.26. The van der Waals surface area contributed by atoms with Crippen LogP contribution in [-0.2, 0) is 19.6 Å². The Hall–Kier alpha value is -0.950. The van der Waals surface area contributed by atoms with Crippen molar-refractivity contribution in [3.05, 3.63) is 0 Å². The molecule has 0 aromatic rings. The van der Waals surface area contributed by atoms with E-state index in [4.69, 9.17) is 0 Å². The molecule has 32 heavy (non-hydrogen) atoms. The van der Waals surface area contributed by atoms with Gasteiger partial charge in [-0.2, -0.15) is 0 Å². The fraction of sp³-hybridized carbons (Fsp3) is 0.920. The molecule has 0 aromatic heterocycles. The van der Waals surface area contributed by atoms with Crippen LogP contribution in [0.15, 0.2) is 0 Å². The van der Waals surface area contributed by atoms with E-state index >= 15 is 0 Å².